The lowest BCUT2D eigenvalue weighted by Gasteiger charge is -2.34. The largest absolute Gasteiger partial charge is 0.339 e. The van der Waals surface area contributed by atoms with Gasteiger partial charge in [-0.3, -0.25) is 14.3 Å². The maximum Gasteiger partial charge on any atom is 0.233 e. The summed E-state index contributed by atoms with van der Waals surface area (Å²) in [5.41, 5.74) is 3.21. The van der Waals surface area contributed by atoms with E-state index in [-0.39, 0.29) is 5.91 Å². The number of aromatic nitrogens is 3. The van der Waals surface area contributed by atoms with Gasteiger partial charge in [0.2, 0.25) is 5.91 Å². The lowest BCUT2D eigenvalue weighted by atomic mass is 10.1. The number of piperazine rings is 1. The first-order valence-corrected chi connectivity index (χ1v) is 12.4. The van der Waals surface area contributed by atoms with E-state index in [9.17, 15) is 4.79 Å². The van der Waals surface area contributed by atoms with E-state index in [1.54, 1.807) is 6.08 Å². The highest BCUT2D eigenvalue weighted by atomic mass is 35.5. The van der Waals surface area contributed by atoms with Gasteiger partial charge in [0, 0.05) is 49.9 Å². The lowest BCUT2D eigenvalue weighted by Crippen LogP contribution is -2.48. The molecule has 1 aliphatic heterocycles. The van der Waals surface area contributed by atoms with Crippen LogP contribution in [0.15, 0.2) is 66.3 Å². The second-order valence-electron chi connectivity index (χ2n) is 8.10. The normalized spacial score (nSPS) is 14.4. The van der Waals surface area contributed by atoms with E-state index in [0.717, 1.165) is 49.7 Å². The summed E-state index contributed by atoms with van der Waals surface area (Å²) in [6, 6.07) is 16.3. The number of halogens is 1. The third-order valence-corrected chi connectivity index (χ3v) is 7.12. The predicted molar refractivity (Wildman–Crippen MR) is 134 cm³/mol. The number of amides is 1. The Balaban J connectivity index is 1.35. The van der Waals surface area contributed by atoms with Crippen molar-refractivity contribution in [2.75, 3.05) is 31.9 Å². The summed E-state index contributed by atoms with van der Waals surface area (Å²) in [4.78, 5) is 17.2. The first-order valence-electron chi connectivity index (χ1n) is 11.0. The minimum absolute atomic E-state index is 0.132. The van der Waals surface area contributed by atoms with Crippen LogP contribution < -0.4 is 0 Å². The summed E-state index contributed by atoms with van der Waals surface area (Å²) in [6.45, 7) is 10.6. The summed E-state index contributed by atoms with van der Waals surface area (Å²) >= 11 is 7.73. The van der Waals surface area contributed by atoms with E-state index >= 15 is 0 Å². The number of nitrogens with zero attached hydrogens (tertiary/aromatic N) is 5. The molecular weight excluding hydrogens is 454 g/mol. The van der Waals surface area contributed by atoms with Crippen LogP contribution in [0.2, 0.25) is 5.02 Å². The van der Waals surface area contributed by atoms with Gasteiger partial charge in [-0.15, -0.1) is 16.8 Å². The molecule has 0 bridgehead atoms. The Hall–Kier alpha value is -2.61. The SMILES string of the molecule is C=CCn1c(SCC(=O)N2CCN(Cc3ccccc3)CC2)nnc1-c1ccc(C)c(Cl)c1. The van der Waals surface area contributed by atoms with Crippen molar-refractivity contribution in [1.82, 2.24) is 24.6 Å². The minimum atomic E-state index is 0.132. The summed E-state index contributed by atoms with van der Waals surface area (Å²) in [5.74, 6) is 1.19. The number of carbonyl (C=O) groups excluding carboxylic acids is 1. The molecule has 4 rings (SSSR count). The number of rotatable bonds is 8. The molecule has 1 aromatic heterocycles. The number of benzene rings is 2. The van der Waals surface area contributed by atoms with Crippen LogP contribution in [0, 0.1) is 6.92 Å². The van der Waals surface area contributed by atoms with E-state index in [0.29, 0.717) is 22.5 Å². The van der Waals surface area contributed by atoms with Crippen LogP contribution in [0.1, 0.15) is 11.1 Å². The number of hydrogen-bond donors (Lipinski definition) is 0. The van der Waals surface area contributed by atoms with Crippen molar-refractivity contribution >= 4 is 29.3 Å². The van der Waals surface area contributed by atoms with Gasteiger partial charge in [-0.05, 0) is 24.1 Å². The van der Waals surface area contributed by atoms with Crippen LogP contribution in [0.5, 0.6) is 0 Å². The number of aryl methyl sites for hydroxylation is 1. The van der Waals surface area contributed by atoms with Crippen LogP contribution >= 0.6 is 23.4 Å². The molecule has 1 saturated heterocycles. The summed E-state index contributed by atoms with van der Waals surface area (Å²) in [5, 5.41) is 10.1. The quantitative estimate of drug-likeness (QED) is 0.349. The first kappa shape index (κ1) is 23.5. The average molecular weight is 482 g/mol. The molecule has 0 N–H and O–H groups in total. The number of hydrogen-bond acceptors (Lipinski definition) is 5. The van der Waals surface area contributed by atoms with Crippen LogP contribution in [-0.2, 0) is 17.9 Å². The van der Waals surface area contributed by atoms with Gasteiger partial charge >= 0.3 is 0 Å². The Labute approximate surface area is 204 Å². The van der Waals surface area contributed by atoms with Gasteiger partial charge in [0.25, 0.3) is 0 Å². The Kier molecular flexibility index (Phi) is 7.85. The second kappa shape index (κ2) is 11.0. The fourth-order valence-electron chi connectivity index (χ4n) is 3.85. The van der Waals surface area contributed by atoms with E-state index < -0.39 is 0 Å². The van der Waals surface area contributed by atoms with Crippen molar-refractivity contribution in [3.05, 3.63) is 77.3 Å². The lowest BCUT2D eigenvalue weighted by molar-refractivity contribution is -0.130. The Morgan fingerprint density at radius 2 is 1.88 bits per heavy atom. The molecule has 1 aliphatic rings. The summed E-state index contributed by atoms with van der Waals surface area (Å²) < 4.78 is 1.98. The van der Waals surface area contributed by atoms with Crippen molar-refractivity contribution < 1.29 is 4.79 Å². The highest BCUT2D eigenvalue weighted by molar-refractivity contribution is 7.99. The van der Waals surface area contributed by atoms with Gasteiger partial charge < -0.3 is 4.90 Å². The fraction of sp³-hybridized carbons (Fsp3) is 0.320. The molecule has 172 valence electrons. The van der Waals surface area contributed by atoms with Crippen molar-refractivity contribution in [3.8, 4) is 11.4 Å². The van der Waals surface area contributed by atoms with Crippen molar-refractivity contribution in [2.24, 2.45) is 0 Å². The molecule has 1 amide bonds. The fourth-order valence-corrected chi connectivity index (χ4v) is 4.88. The van der Waals surface area contributed by atoms with Crippen molar-refractivity contribution in [2.45, 2.75) is 25.2 Å². The van der Waals surface area contributed by atoms with E-state index in [2.05, 4.69) is 45.9 Å². The zero-order valence-corrected chi connectivity index (χ0v) is 20.4. The second-order valence-corrected chi connectivity index (χ2v) is 9.45. The molecule has 0 aliphatic carbocycles. The molecule has 0 spiro atoms. The maximum absolute atomic E-state index is 12.9. The van der Waals surface area contributed by atoms with E-state index in [4.69, 9.17) is 11.6 Å². The molecule has 3 aromatic rings. The molecular formula is C25H28ClN5OS. The Morgan fingerprint density at radius 1 is 1.12 bits per heavy atom. The predicted octanol–water partition coefficient (Wildman–Crippen LogP) is 4.53. The molecule has 0 unspecified atom stereocenters. The van der Waals surface area contributed by atoms with Gasteiger partial charge in [0.05, 0.1) is 5.75 Å². The first-order chi connectivity index (χ1) is 16.0. The molecule has 2 heterocycles. The van der Waals surface area contributed by atoms with Gasteiger partial charge in [0.15, 0.2) is 11.0 Å². The van der Waals surface area contributed by atoms with Crippen LogP contribution in [-0.4, -0.2) is 62.4 Å². The summed E-state index contributed by atoms with van der Waals surface area (Å²) in [6.07, 6.45) is 1.81. The maximum atomic E-state index is 12.9. The third-order valence-electron chi connectivity index (χ3n) is 5.76. The molecule has 6 nitrogen and oxygen atoms in total. The molecule has 0 atom stereocenters. The van der Waals surface area contributed by atoms with Crippen molar-refractivity contribution in [1.29, 1.82) is 0 Å². The zero-order chi connectivity index (χ0) is 23.2. The monoisotopic (exact) mass is 481 g/mol. The van der Waals surface area contributed by atoms with E-state index in [1.165, 1.54) is 17.3 Å². The standard InChI is InChI=1S/C25H28ClN5OS/c1-3-11-31-24(21-10-9-19(2)22(26)16-21)27-28-25(31)33-18-23(32)30-14-12-29(13-15-30)17-20-7-5-4-6-8-20/h3-10,16H,1,11-15,17-18H2,2H3. The minimum Gasteiger partial charge on any atom is -0.339 e. The number of thioether (sulfide) groups is 1. The topological polar surface area (TPSA) is 54.3 Å². The van der Waals surface area contributed by atoms with Gasteiger partial charge in [0.1, 0.15) is 0 Å². The molecule has 0 saturated carbocycles. The Bertz CT molecular complexity index is 1110. The van der Waals surface area contributed by atoms with Crippen molar-refractivity contribution in [3.63, 3.8) is 0 Å². The van der Waals surface area contributed by atoms with Gasteiger partial charge in [-0.1, -0.05) is 71.9 Å². The van der Waals surface area contributed by atoms with E-state index in [1.807, 2.05) is 40.7 Å². The van der Waals surface area contributed by atoms with Crippen LogP contribution in [0.3, 0.4) is 0 Å². The van der Waals surface area contributed by atoms with Gasteiger partial charge in [-0.25, -0.2) is 0 Å². The number of carbonyl (C=O) groups is 1. The summed E-state index contributed by atoms with van der Waals surface area (Å²) in [7, 11) is 0. The molecule has 8 heteroatoms. The molecule has 0 radical (unpaired) electrons. The third kappa shape index (κ3) is 5.85. The highest BCUT2D eigenvalue weighted by Gasteiger charge is 2.22. The molecule has 1 fully saturated rings. The molecule has 2 aromatic carbocycles. The number of allylic oxidation sites excluding steroid dienone is 1. The van der Waals surface area contributed by atoms with Gasteiger partial charge in [-0.2, -0.15) is 0 Å². The van der Waals surface area contributed by atoms with Crippen LogP contribution in [0.4, 0.5) is 0 Å². The molecule has 33 heavy (non-hydrogen) atoms. The zero-order valence-electron chi connectivity index (χ0n) is 18.8. The smallest absolute Gasteiger partial charge is 0.233 e. The average Bonchev–Trinajstić information content (AvgIpc) is 3.23. The highest BCUT2D eigenvalue weighted by Crippen LogP contribution is 2.27. The van der Waals surface area contributed by atoms with Crippen LogP contribution in [0.25, 0.3) is 11.4 Å². The Morgan fingerprint density at radius 3 is 2.58 bits per heavy atom.